The van der Waals surface area contributed by atoms with Crippen LogP contribution in [-0.2, 0) is 14.4 Å². The molecule has 0 spiro atoms. The predicted molar refractivity (Wildman–Crippen MR) is 163 cm³/mol. The highest BCUT2D eigenvalue weighted by Crippen LogP contribution is 2.45. The van der Waals surface area contributed by atoms with Crippen molar-refractivity contribution in [3.63, 3.8) is 0 Å². The lowest BCUT2D eigenvalue weighted by molar-refractivity contribution is -0.136. The largest absolute Gasteiger partial charge is 0.271 e. The maximum absolute atomic E-state index is 14.0. The normalized spacial score (nSPS) is 25.4. The molecule has 1 saturated carbocycles. The fraction of sp³-hybridized carbons (Fsp3) is 0.250. The Morgan fingerprint density at radius 3 is 2.30 bits per heavy atom. The lowest BCUT2D eigenvalue weighted by Crippen LogP contribution is -2.45. The number of halogens is 2. The van der Waals surface area contributed by atoms with Crippen LogP contribution in [0.4, 0.5) is 5.69 Å². The Hall–Kier alpha value is -4.34. The molecule has 3 heterocycles. The zero-order valence-corrected chi connectivity index (χ0v) is 24.4. The minimum atomic E-state index is -0.992. The number of allylic oxidation sites excluding steroid dienone is 1. The van der Waals surface area contributed by atoms with Gasteiger partial charge in [-0.1, -0.05) is 70.9 Å². The Morgan fingerprint density at radius 2 is 1.58 bits per heavy atom. The number of hydrogen-bond donors (Lipinski definition) is 0. The SMILES string of the molecule is O=C1[C@@H]2N=NN(CC(=O)N3N=C4/C(=C/c5ccc(Cl)cc5)CCC[C@@H]4[C@@H]3c3ccc(Cl)cc3)[C@H]2C(=O)N1c1ccccc1. The molecule has 1 saturated heterocycles. The third-order valence-corrected chi connectivity index (χ3v) is 8.85. The lowest BCUT2D eigenvalue weighted by Gasteiger charge is -2.30. The minimum absolute atomic E-state index is 0.0198. The van der Waals surface area contributed by atoms with E-state index in [-0.39, 0.29) is 24.4 Å². The Morgan fingerprint density at radius 1 is 0.884 bits per heavy atom. The van der Waals surface area contributed by atoms with Gasteiger partial charge in [-0.05, 0) is 78.4 Å². The molecule has 0 N–H and O–H groups in total. The van der Waals surface area contributed by atoms with Crippen LogP contribution in [0.1, 0.15) is 36.4 Å². The van der Waals surface area contributed by atoms with Crippen molar-refractivity contribution >= 4 is 58.4 Å². The molecule has 3 aliphatic heterocycles. The molecule has 3 aromatic rings. The Balaban J connectivity index is 1.19. The minimum Gasteiger partial charge on any atom is -0.271 e. The van der Waals surface area contributed by atoms with Crippen molar-refractivity contribution in [2.45, 2.75) is 37.4 Å². The fourth-order valence-electron chi connectivity index (χ4n) is 6.36. The lowest BCUT2D eigenvalue weighted by atomic mass is 9.77. The van der Waals surface area contributed by atoms with Gasteiger partial charge in [0.1, 0.15) is 6.54 Å². The number of benzene rings is 3. The zero-order chi connectivity index (χ0) is 29.7. The number of carbonyl (C=O) groups excluding carboxylic acids is 3. The summed E-state index contributed by atoms with van der Waals surface area (Å²) in [6.45, 7) is -0.254. The number of hydrogen-bond acceptors (Lipinski definition) is 7. The zero-order valence-electron chi connectivity index (χ0n) is 22.9. The van der Waals surface area contributed by atoms with Crippen LogP contribution in [0, 0.1) is 5.92 Å². The van der Waals surface area contributed by atoms with Crippen molar-refractivity contribution < 1.29 is 14.4 Å². The molecule has 4 aliphatic rings. The molecule has 3 amide bonds. The standard InChI is InChI=1S/C32H26Cl2N6O3/c33-22-13-9-19(10-14-22)17-21-5-4-8-25-27(21)36-40(29(25)20-11-15-23(34)16-12-20)26(41)18-38-30-28(35-37-38)31(42)39(32(30)43)24-6-2-1-3-7-24/h1-3,6-7,9-17,25,28-30H,4-5,8,18H2/b21-17+/t25-,28+,29-,30+/m0/s1. The van der Waals surface area contributed by atoms with Gasteiger partial charge in [-0.25, -0.2) is 9.91 Å². The van der Waals surface area contributed by atoms with E-state index < -0.39 is 23.9 Å². The van der Waals surface area contributed by atoms with Gasteiger partial charge >= 0.3 is 0 Å². The summed E-state index contributed by atoms with van der Waals surface area (Å²) in [6.07, 6.45) is 4.75. The van der Waals surface area contributed by atoms with Gasteiger partial charge in [0.2, 0.25) is 0 Å². The molecule has 1 aliphatic carbocycles. The van der Waals surface area contributed by atoms with Crippen LogP contribution in [0.5, 0.6) is 0 Å². The van der Waals surface area contributed by atoms with Crippen LogP contribution in [0.15, 0.2) is 99.9 Å². The van der Waals surface area contributed by atoms with Crippen LogP contribution in [-0.4, -0.2) is 52.1 Å². The van der Waals surface area contributed by atoms with Crippen LogP contribution in [0.3, 0.4) is 0 Å². The first-order valence-electron chi connectivity index (χ1n) is 14.1. The van der Waals surface area contributed by atoms with Gasteiger partial charge in [-0.3, -0.25) is 19.4 Å². The number of carbonyl (C=O) groups is 3. The molecule has 0 bridgehead atoms. The first kappa shape index (κ1) is 27.5. The number of hydrazone groups is 1. The molecule has 0 unspecified atom stereocenters. The second-order valence-corrected chi connectivity index (χ2v) is 11.9. The fourth-order valence-corrected chi connectivity index (χ4v) is 6.61. The van der Waals surface area contributed by atoms with Crippen molar-refractivity contribution in [2.24, 2.45) is 21.4 Å². The number of rotatable bonds is 5. The number of nitrogens with zero attached hydrogens (tertiary/aromatic N) is 6. The molecule has 0 radical (unpaired) electrons. The van der Waals surface area contributed by atoms with Gasteiger partial charge in [0, 0.05) is 16.0 Å². The summed E-state index contributed by atoms with van der Waals surface area (Å²) in [6, 6.07) is 21.5. The van der Waals surface area contributed by atoms with Gasteiger partial charge in [-0.2, -0.15) is 10.2 Å². The van der Waals surface area contributed by atoms with E-state index in [0.29, 0.717) is 15.7 Å². The third-order valence-electron chi connectivity index (χ3n) is 8.35. The number of para-hydroxylation sites is 1. The maximum atomic E-state index is 14.0. The average Bonchev–Trinajstić information content (AvgIpc) is 3.68. The van der Waals surface area contributed by atoms with Crippen LogP contribution >= 0.6 is 23.2 Å². The monoisotopic (exact) mass is 612 g/mol. The van der Waals surface area contributed by atoms with Crippen molar-refractivity contribution in [1.29, 1.82) is 0 Å². The summed E-state index contributed by atoms with van der Waals surface area (Å²) in [5.41, 5.74) is 4.33. The molecule has 11 heteroatoms. The van der Waals surface area contributed by atoms with Crippen molar-refractivity contribution in [2.75, 3.05) is 11.4 Å². The van der Waals surface area contributed by atoms with E-state index in [1.54, 1.807) is 24.3 Å². The van der Waals surface area contributed by atoms with E-state index in [0.717, 1.165) is 46.6 Å². The van der Waals surface area contributed by atoms with E-state index in [4.69, 9.17) is 28.3 Å². The van der Waals surface area contributed by atoms with Gasteiger partial charge in [-0.15, -0.1) is 0 Å². The van der Waals surface area contributed by atoms with Gasteiger partial charge in [0.05, 0.1) is 17.4 Å². The number of fused-ring (bicyclic) bond motifs is 2. The van der Waals surface area contributed by atoms with E-state index in [9.17, 15) is 14.4 Å². The summed E-state index contributed by atoms with van der Waals surface area (Å²) in [5, 5.41) is 17.2. The summed E-state index contributed by atoms with van der Waals surface area (Å²) in [7, 11) is 0. The highest BCUT2D eigenvalue weighted by molar-refractivity contribution is 6.31. The summed E-state index contributed by atoms with van der Waals surface area (Å²) in [5.74, 6) is -1.27. The molecule has 43 heavy (non-hydrogen) atoms. The third kappa shape index (κ3) is 4.92. The predicted octanol–water partition coefficient (Wildman–Crippen LogP) is 6.11. The first-order valence-corrected chi connectivity index (χ1v) is 14.9. The van der Waals surface area contributed by atoms with E-state index in [2.05, 4.69) is 16.4 Å². The number of amides is 3. The van der Waals surface area contributed by atoms with Gasteiger partial charge < -0.3 is 0 Å². The smallest absolute Gasteiger partial charge is 0.264 e. The summed E-state index contributed by atoms with van der Waals surface area (Å²) in [4.78, 5) is 41.7. The highest BCUT2D eigenvalue weighted by atomic mass is 35.5. The summed E-state index contributed by atoms with van der Waals surface area (Å²) >= 11 is 12.3. The van der Waals surface area contributed by atoms with E-state index in [1.165, 1.54) is 10.0 Å². The second-order valence-electron chi connectivity index (χ2n) is 11.0. The topological polar surface area (TPSA) is 98.0 Å². The molecular weight excluding hydrogens is 587 g/mol. The quantitative estimate of drug-likeness (QED) is 0.325. The second kappa shape index (κ2) is 11.1. The average molecular weight is 614 g/mol. The first-order chi connectivity index (χ1) is 20.9. The molecule has 7 rings (SSSR count). The number of anilines is 1. The Kier molecular flexibility index (Phi) is 7.07. The Labute approximate surface area is 258 Å². The van der Waals surface area contributed by atoms with Crippen LogP contribution < -0.4 is 4.90 Å². The molecule has 3 aromatic carbocycles. The maximum Gasteiger partial charge on any atom is 0.264 e. The van der Waals surface area contributed by atoms with Gasteiger partial charge in [0.25, 0.3) is 17.7 Å². The molecule has 2 fully saturated rings. The molecule has 0 aromatic heterocycles. The van der Waals surface area contributed by atoms with E-state index in [1.807, 2.05) is 54.6 Å². The molecule has 4 atom stereocenters. The van der Waals surface area contributed by atoms with Crippen LogP contribution in [0.2, 0.25) is 10.0 Å². The van der Waals surface area contributed by atoms with E-state index >= 15 is 0 Å². The number of imide groups is 1. The van der Waals surface area contributed by atoms with Gasteiger partial charge in [0.15, 0.2) is 12.1 Å². The molecule has 9 nitrogen and oxygen atoms in total. The van der Waals surface area contributed by atoms with Crippen LogP contribution in [0.25, 0.3) is 6.08 Å². The Bertz CT molecular complexity index is 1690. The summed E-state index contributed by atoms with van der Waals surface area (Å²) < 4.78 is 0. The molecular formula is C32H26Cl2N6O3. The molecule has 216 valence electrons. The highest BCUT2D eigenvalue weighted by Gasteiger charge is 2.55. The van der Waals surface area contributed by atoms with Crippen molar-refractivity contribution in [3.8, 4) is 0 Å². The van der Waals surface area contributed by atoms with Crippen molar-refractivity contribution in [1.82, 2.24) is 10.0 Å². The van der Waals surface area contributed by atoms with Crippen molar-refractivity contribution in [3.05, 3.63) is 106 Å².